The molecule has 0 fully saturated rings. The normalized spacial score (nSPS) is 9.89. The van der Waals surface area contributed by atoms with E-state index in [4.69, 9.17) is 0 Å². The highest BCUT2D eigenvalue weighted by Crippen LogP contribution is 2.02. The SMILES string of the molecule is CCCC(=O)NCCNC(=O)c1ccc(C)cc1. The highest BCUT2D eigenvalue weighted by molar-refractivity contribution is 5.94. The number of aryl methyl sites for hydroxylation is 1. The van der Waals surface area contributed by atoms with Gasteiger partial charge in [0.1, 0.15) is 0 Å². The lowest BCUT2D eigenvalue weighted by molar-refractivity contribution is -0.121. The van der Waals surface area contributed by atoms with E-state index in [0.29, 0.717) is 25.1 Å². The van der Waals surface area contributed by atoms with Crippen molar-refractivity contribution in [2.24, 2.45) is 0 Å². The summed E-state index contributed by atoms with van der Waals surface area (Å²) >= 11 is 0. The summed E-state index contributed by atoms with van der Waals surface area (Å²) in [5.74, 6) is -0.0816. The average Bonchev–Trinajstić information content (AvgIpc) is 2.35. The van der Waals surface area contributed by atoms with Crippen LogP contribution in [0.3, 0.4) is 0 Å². The van der Waals surface area contributed by atoms with Crippen molar-refractivity contribution >= 4 is 11.8 Å². The zero-order valence-corrected chi connectivity index (χ0v) is 11.0. The molecule has 0 radical (unpaired) electrons. The highest BCUT2D eigenvalue weighted by Gasteiger charge is 2.04. The molecule has 0 unspecified atom stereocenters. The van der Waals surface area contributed by atoms with Gasteiger partial charge in [0.15, 0.2) is 0 Å². The standard InChI is InChI=1S/C14H20N2O2/c1-3-4-13(17)15-9-10-16-14(18)12-7-5-11(2)6-8-12/h5-8H,3-4,9-10H2,1-2H3,(H,15,17)(H,16,18). The van der Waals surface area contributed by atoms with Crippen molar-refractivity contribution < 1.29 is 9.59 Å². The second-order valence-corrected chi connectivity index (χ2v) is 4.22. The van der Waals surface area contributed by atoms with Gasteiger partial charge in [0.25, 0.3) is 5.91 Å². The first kappa shape index (κ1) is 14.2. The molecular formula is C14H20N2O2. The highest BCUT2D eigenvalue weighted by atomic mass is 16.2. The molecule has 0 saturated carbocycles. The molecule has 1 aromatic carbocycles. The average molecular weight is 248 g/mol. The van der Waals surface area contributed by atoms with E-state index >= 15 is 0 Å². The quantitative estimate of drug-likeness (QED) is 0.752. The fourth-order valence-electron chi connectivity index (χ4n) is 1.50. The lowest BCUT2D eigenvalue weighted by Crippen LogP contribution is -2.34. The topological polar surface area (TPSA) is 58.2 Å². The van der Waals surface area contributed by atoms with Gasteiger partial charge in [0.05, 0.1) is 0 Å². The third kappa shape index (κ3) is 4.99. The molecule has 2 N–H and O–H groups in total. The van der Waals surface area contributed by atoms with Gasteiger partial charge < -0.3 is 10.6 Å². The summed E-state index contributed by atoms with van der Waals surface area (Å²) in [6, 6.07) is 7.39. The van der Waals surface area contributed by atoms with E-state index in [2.05, 4.69) is 10.6 Å². The Morgan fingerprint density at radius 1 is 1.06 bits per heavy atom. The van der Waals surface area contributed by atoms with Gasteiger partial charge in [-0.3, -0.25) is 9.59 Å². The van der Waals surface area contributed by atoms with Crippen molar-refractivity contribution in [2.75, 3.05) is 13.1 Å². The summed E-state index contributed by atoms with van der Waals surface area (Å²) in [5, 5.41) is 5.51. The van der Waals surface area contributed by atoms with Crippen LogP contribution in [0.25, 0.3) is 0 Å². The van der Waals surface area contributed by atoms with Crippen LogP contribution in [0.15, 0.2) is 24.3 Å². The number of carbonyl (C=O) groups excluding carboxylic acids is 2. The first-order valence-corrected chi connectivity index (χ1v) is 6.25. The van der Waals surface area contributed by atoms with E-state index in [1.165, 1.54) is 0 Å². The lowest BCUT2D eigenvalue weighted by Gasteiger charge is -2.07. The molecule has 0 heterocycles. The molecule has 0 saturated heterocycles. The van der Waals surface area contributed by atoms with Gasteiger partial charge in [-0.25, -0.2) is 0 Å². The number of hydrogen-bond acceptors (Lipinski definition) is 2. The maximum atomic E-state index is 11.7. The van der Waals surface area contributed by atoms with Crippen molar-refractivity contribution in [2.45, 2.75) is 26.7 Å². The summed E-state index contributed by atoms with van der Waals surface area (Å²) in [5.41, 5.74) is 1.76. The third-order valence-electron chi connectivity index (χ3n) is 2.52. The van der Waals surface area contributed by atoms with Crippen molar-refractivity contribution in [1.82, 2.24) is 10.6 Å². The minimum atomic E-state index is -0.111. The fourth-order valence-corrected chi connectivity index (χ4v) is 1.50. The van der Waals surface area contributed by atoms with E-state index in [-0.39, 0.29) is 11.8 Å². The summed E-state index contributed by atoms with van der Waals surface area (Å²) in [6.07, 6.45) is 1.37. The zero-order chi connectivity index (χ0) is 13.4. The molecule has 0 aliphatic heterocycles. The minimum Gasteiger partial charge on any atom is -0.354 e. The number of benzene rings is 1. The van der Waals surface area contributed by atoms with Crippen LogP contribution in [0.2, 0.25) is 0 Å². The monoisotopic (exact) mass is 248 g/mol. The van der Waals surface area contributed by atoms with Crippen molar-refractivity contribution in [1.29, 1.82) is 0 Å². The molecule has 0 aromatic heterocycles. The molecule has 0 atom stereocenters. The molecular weight excluding hydrogens is 228 g/mol. The van der Waals surface area contributed by atoms with Crippen LogP contribution in [0.1, 0.15) is 35.7 Å². The molecule has 0 aliphatic rings. The minimum absolute atomic E-state index is 0.0297. The molecule has 0 spiro atoms. The van der Waals surface area contributed by atoms with Gasteiger partial charge in [-0.2, -0.15) is 0 Å². The van der Waals surface area contributed by atoms with Crippen molar-refractivity contribution in [3.63, 3.8) is 0 Å². The van der Waals surface area contributed by atoms with E-state index < -0.39 is 0 Å². The molecule has 1 aromatic rings. The van der Waals surface area contributed by atoms with Gasteiger partial charge in [0.2, 0.25) is 5.91 Å². The summed E-state index contributed by atoms with van der Waals surface area (Å²) < 4.78 is 0. The fraction of sp³-hybridized carbons (Fsp3) is 0.429. The number of rotatable bonds is 6. The third-order valence-corrected chi connectivity index (χ3v) is 2.52. The summed E-state index contributed by atoms with van der Waals surface area (Å²) in [7, 11) is 0. The Hall–Kier alpha value is -1.84. The Morgan fingerprint density at radius 2 is 1.67 bits per heavy atom. The number of hydrogen-bond donors (Lipinski definition) is 2. The Morgan fingerprint density at radius 3 is 2.28 bits per heavy atom. The second-order valence-electron chi connectivity index (χ2n) is 4.22. The van der Waals surface area contributed by atoms with Crippen molar-refractivity contribution in [3.8, 4) is 0 Å². The van der Waals surface area contributed by atoms with E-state index in [9.17, 15) is 9.59 Å². The zero-order valence-electron chi connectivity index (χ0n) is 11.0. The molecule has 4 heteroatoms. The Balaban J connectivity index is 2.25. The molecule has 0 aliphatic carbocycles. The Labute approximate surface area is 108 Å². The van der Waals surface area contributed by atoms with Gasteiger partial charge in [-0.15, -0.1) is 0 Å². The van der Waals surface area contributed by atoms with E-state index in [1.54, 1.807) is 12.1 Å². The van der Waals surface area contributed by atoms with Gasteiger partial charge >= 0.3 is 0 Å². The summed E-state index contributed by atoms with van der Waals surface area (Å²) in [4.78, 5) is 22.9. The first-order valence-electron chi connectivity index (χ1n) is 6.25. The lowest BCUT2D eigenvalue weighted by atomic mass is 10.1. The smallest absolute Gasteiger partial charge is 0.251 e. The van der Waals surface area contributed by atoms with Gasteiger partial charge in [-0.1, -0.05) is 24.6 Å². The first-order chi connectivity index (χ1) is 8.63. The molecule has 18 heavy (non-hydrogen) atoms. The second kappa shape index (κ2) is 7.48. The number of amides is 2. The van der Waals surface area contributed by atoms with E-state index in [1.807, 2.05) is 26.0 Å². The van der Waals surface area contributed by atoms with Crippen LogP contribution in [-0.4, -0.2) is 24.9 Å². The van der Waals surface area contributed by atoms with Gasteiger partial charge in [-0.05, 0) is 25.5 Å². The van der Waals surface area contributed by atoms with Crippen LogP contribution in [0.4, 0.5) is 0 Å². The molecule has 1 rings (SSSR count). The molecule has 2 amide bonds. The van der Waals surface area contributed by atoms with Crippen LogP contribution in [0, 0.1) is 6.92 Å². The maximum Gasteiger partial charge on any atom is 0.251 e. The molecule has 98 valence electrons. The predicted octanol–water partition coefficient (Wildman–Crippen LogP) is 1.64. The molecule has 0 bridgehead atoms. The van der Waals surface area contributed by atoms with Crippen LogP contribution >= 0.6 is 0 Å². The Kier molecular flexibility index (Phi) is 5.91. The Bertz CT molecular complexity index is 399. The number of nitrogens with one attached hydrogen (secondary N) is 2. The maximum absolute atomic E-state index is 11.7. The van der Waals surface area contributed by atoms with Gasteiger partial charge in [0, 0.05) is 25.1 Å². The summed E-state index contributed by atoms with van der Waals surface area (Å²) in [6.45, 7) is 4.85. The predicted molar refractivity (Wildman–Crippen MR) is 71.4 cm³/mol. The van der Waals surface area contributed by atoms with Crippen LogP contribution in [-0.2, 0) is 4.79 Å². The van der Waals surface area contributed by atoms with Crippen LogP contribution in [0.5, 0.6) is 0 Å². The van der Waals surface area contributed by atoms with E-state index in [0.717, 1.165) is 12.0 Å². The van der Waals surface area contributed by atoms with Crippen LogP contribution < -0.4 is 10.6 Å². The largest absolute Gasteiger partial charge is 0.354 e. The van der Waals surface area contributed by atoms with Crippen molar-refractivity contribution in [3.05, 3.63) is 35.4 Å². The molecule has 4 nitrogen and oxygen atoms in total. The number of carbonyl (C=O) groups is 2.